The number of nitrogens with one attached hydrogen (secondary N) is 1. The summed E-state index contributed by atoms with van der Waals surface area (Å²) in [5.74, 6) is -1.79. The first-order valence-corrected chi connectivity index (χ1v) is 6.04. The monoisotopic (exact) mass is 263 g/mol. The molecule has 0 fully saturated rings. The molecular weight excluding hydrogens is 248 g/mol. The quantitative estimate of drug-likeness (QED) is 0.869. The zero-order valence-corrected chi connectivity index (χ0v) is 10.3. The summed E-state index contributed by atoms with van der Waals surface area (Å²) in [6, 6.07) is 12.9. The summed E-state index contributed by atoms with van der Waals surface area (Å²) in [6.07, 6.45) is 0. The van der Waals surface area contributed by atoms with Crippen molar-refractivity contribution in [3.05, 3.63) is 71.3 Å². The molecule has 100 valence electrons. The maximum absolute atomic E-state index is 13.2. The molecule has 0 spiro atoms. The predicted octanol–water partition coefficient (Wildman–Crippen LogP) is 2.79. The molecule has 0 radical (unpaired) electrons. The van der Waals surface area contributed by atoms with Gasteiger partial charge in [-0.25, -0.2) is 8.78 Å². The van der Waals surface area contributed by atoms with Crippen molar-refractivity contribution in [2.45, 2.75) is 12.6 Å². The Morgan fingerprint density at radius 2 is 1.74 bits per heavy atom. The number of hydrogen-bond donors (Lipinski definition) is 2. The number of benzene rings is 2. The van der Waals surface area contributed by atoms with E-state index in [0.717, 1.165) is 17.7 Å². The molecule has 4 heteroatoms. The van der Waals surface area contributed by atoms with Crippen molar-refractivity contribution < 1.29 is 13.9 Å². The van der Waals surface area contributed by atoms with Gasteiger partial charge in [0.1, 0.15) is 0 Å². The smallest absolute Gasteiger partial charge is 0.159 e. The molecule has 0 aromatic heterocycles. The molecule has 0 aliphatic carbocycles. The van der Waals surface area contributed by atoms with Crippen LogP contribution in [0.15, 0.2) is 48.5 Å². The molecular formula is C15H15F2NO. The van der Waals surface area contributed by atoms with Gasteiger partial charge in [0.2, 0.25) is 0 Å². The second-order valence-electron chi connectivity index (χ2n) is 4.28. The van der Waals surface area contributed by atoms with Gasteiger partial charge in [-0.1, -0.05) is 36.4 Å². The third kappa shape index (κ3) is 3.59. The second kappa shape index (κ2) is 6.41. The number of rotatable bonds is 5. The van der Waals surface area contributed by atoms with E-state index in [0.29, 0.717) is 12.1 Å². The molecule has 0 saturated carbocycles. The van der Waals surface area contributed by atoms with Crippen molar-refractivity contribution in [3.63, 3.8) is 0 Å². The molecule has 0 saturated heterocycles. The minimum absolute atomic E-state index is 0.183. The number of aliphatic hydroxyl groups is 1. The van der Waals surface area contributed by atoms with E-state index in [1.54, 1.807) is 0 Å². The Balaban J connectivity index is 2.05. The van der Waals surface area contributed by atoms with E-state index < -0.39 is 17.7 Å². The van der Waals surface area contributed by atoms with Gasteiger partial charge in [0.05, 0.1) is 12.6 Å². The molecule has 19 heavy (non-hydrogen) atoms. The zero-order valence-electron chi connectivity index (χ0n) is 10.3. The minimum Gasteiger partial charge on any atom is -0.394 e. The van der Waals surface area contributed by atoms with Crippen LogP contribution in [-0.4, -0.2) is 11.7 Å². The molecule has 0 heterocycles. The van der Waals surface area contributed by atoms with Crippen LogP contribution in [0.4, 0.5) is 8.78 Å². The number of hydrogen-bond acceptors (Lipinski definition) is 2. The highest BCUT2D eigenvalue weighted by Gasteiger charge is 2.12. The van der Waals surface area contributed by atoms with Crippen LogP contribution in [0.25, 0.3) is 0 Å². The fraction of sp³-hybridized carbons (Fsp3) is 0.200. The van der Waals surface area contributed by atoms with Crippen LogP contribution < -0.4 is 5.32 Å². The van der Waals surface area contributed by atoms with Gasteiger partial charge in [0.25, 0.3) is 0 Å². The first-order valence-electron chi connectivity index (χ1n) is 6.04. The first kappa shape index (κ1) is 13.6. The molecule has 0 aliphatic heterocycles. The van der Waals surface area contributed by atoms with Gasteiger partial charge in [-0.2, -0.15) is 0 Å². The van der Waals surface area contributed by atoms with Gasteiger partial charge in [-0.05, 0) is 23.3 Å². The summed E-state index contributed by atoms with van der Waals surface area (Å²) in [5.41, 5.74) is 1.58. The summed E-state index contributed by atoms with van der Waals surface area (Å²) >= 11 is 0. The van der Waals surface area contributed by atoms with Crippen molar-refractivity contribution in [1.29, 1.82) is 0 Å². The lowest BCUT2D eigenvalue weighted by molar-refractivity contribution is 0.243. The highest BCUT2D eigenvalue weighted by atomic mass is 19.2. The zero-order chi connectivity index (χ0) is 13.7. The third-order valence-corrected chi connectivity index (χ3v) is 2.92. The van der Waals surface area contributed by atoms with Crippen LogP contribution in [0.3, 0.4) is 0 Å². The lowest BCUT2D eigenvalue weighted by Gasteiger charge is -2.17. The molecule has 2 nitrogen and oxygen atoms in total. The predicted molar refractivity (Wildman–Crippen MR) is 69.5 cm³/mol. The highest BCUT2D eigenvalue weighted by molar-refractivity contribution is 5.22. The molecule has 2 aromatic rings. The average molecular weight is 263 g/mol. The van der Waals surface area contributed by atoms with E-state index in [1.165, 1.54) is 6.07 Å². The Morgan fingerprint density at radius 3 is 2.37 bits per heavy atom. The molecule has 1 unspecified atom stereocenters. The molecule has 0 aliphatic rings. The van der Waals surface area contributed by atoms with E-state index in [1.807, 2.05) is 30.3 Å². The van der Waals surface area contributed by atoms with Crippen molar-refractivity contribution in [3.8, 4) is 0 Å². The largest absolute Gasteiger partial charge is 0.394 e. The molecule has 2 N–H and O–H groups in total. The van der Waals surface area contributed by atoms with Crippen LogP contribution in [0.2, 0.25) is 0 Å². The van der Waals surface area contributed by atoms with Crippen LogP contribution in [0.5, 0.6) is 0 Å². The standard InChI is InChI=1S/C15H15F2NO/c16-13-7-6-12(8-14(13)17)15(10-19)18-9-11-4-2-1-3-5-11/h1-8,15,18-19H,9-10H2. The van der Waals surface area contributed by atoms with Crippen molar-refractivity contribution in [2.24, 2.45) is 0 Å². The van der Waals surface area contributed by atoms with Crippen molar-refractivity contribution in [1.82, 2.24) is 5.32 Å². The second-order valence-corrected chi connectivity index (χ2v) is 4.28. The van der Waals surface area contributed by atoms with Gasteiger partial charge in [-0.3, -0.25) is 0 Å². The fourth-order valence-electron chi connectivity index (χ4n) is 1.85. The fourth-order valence-corrected chi connectivity index (χ4v) is 1.85. The normalized spacial score (nSPS) is 12.4. The summed E-state index contributed by atoms with van der Waals surface area (Å²) in [5, 5.41) is 12.4. The maximum Gasteiger partial charge on any atom is 0.159 e. The number of aliphatic hydroxyl groups excluding tert-OH is 1. The Labute approximate surface area is 110 Å². The Hall–Kier alpha value is -1.78. The van der Waals surface area contributed by atoms with Gasteiger partial charge >= 0.3 is 0 Å². The van der Waals surface area contributed by atoms with Gasteiger partial charge in [0, 0.05) is 6.54 Å². The lowest BCUT2D eigenvalue weighted by atomic mass is 10.1. The van der Waals surface area contributed by atoms with E-state index in [9.17, 15) is 13.9 Å². The van der Waals surface area contributed by atoms with Gasteiger partial charge in [0.15, 0.2) is 11.6 Å². The Kier molecular flexibility index (Phi) is 4.60. The summed E-state index contributed by atoms with van der Waals surface area (Å²) in [4.78, 5) is 0. The first-order chi connectivity index (χ1) is 9.20. The summed E-state index contributed by atoms with van der Waals surface area (Å²) in [6.45, 7) is 0.364. The maximum atomic E-state index is 13.2. The SMILES string of the molecule is OCC(NCc1ccccc1)c1ccc(F)c(F)c1. The average Bonchev–Trinajstić information content (AvgIpc) is 2.44. The minimum atomic E-state index is -0.905. The third-order valence-electron chi connectivity index (χ3n) is 2.92. The Morgan fingerprint density at radius 1 is 1.00 bits per heavy atom. The Bertz CT molecular complexity index is 531. The van der Waals surface area contributed by atoms with Crippen LogP contribution >= 0.6 is 0 Å². The van der Waals surface area contributed by atoms with Crippen LogP contribution in [-0.2, 0) is 6.54 Å². The molecule has 2 rings (SSSR count). The topological polar surface area (TPSA) is 32.3 Å². The lowest BCUT2D eigenvalue weighted by Crippen LogP contribution is -2.24. The van der Waals surface area contributed by atoms with Gasteiger partial charge < -0.3 is 10.4 Å². The van der Waals surface area contributed by atoms with Gasteiger partial charge in [-0.15, -0.1) is 0 Å². The number of halogens is 2. The molecule has 0 amide bonds. The molecule has 0 bridgehead atoms. The van der Waals surface area contributed by atoms with E-state index in [4.69, 9.17) is 0 Å². The summed E-state index contributed by atoms with van der Waals surface area (Å²) in [7, 11) is 0. The molecule has 1 atom stereocenters. The van der Waals surface area contributed by atoms with E-state index >= 15 is 0 Å². The van der Waals surface area contributed by atoms with Crippen molar-refractivity contribution in [2.75, 3.05) is 6.61 Å². The van der Waals surface area contributed by atoms with E-state index in [-0.39, 0.29) is 6.61 Å². The van der Waals surface area contributed by atoms with Crippen molar-refractivity contribution >= 4 is 0 Å². The molecule has 2 aromatic carbocycles. The van der Waals surface area contributed by atoms with Crippen LogP contribution in [0.1, 0.15) is 17.2 Å². The van der Waals surface area contributed by atoms with Crippen LogP contribution in [0, 0.1) is 11.6 Å². The highest BCUT2D eigenvalue weighted by Crippen LogP contribution is 2.16. The summed E-state index contributed by atoms with van der Waals surface area (Å²) < 4.78 is 26.0. The van der Waals surface area contributed by atoms with E-state index in [2.05, 4.69) is 5.32 Å².